The van der Waals surface area contributed by atoms with Gasteiger partial charge in [-0.2, -0.15) is 5.10 Å². The maximum atomic E-state index is 13.7. The molecular formula is C32H31F2N5O6. The summed E-state index contributed by atoms with van der Waals surface area (Å²) in [6.45, 7) is 7.08. The Kier molecular flexibility index (Phi) is 8.37. The Morgan fingerprint density at radius 1 is 1.00 bits per heavy atom. The molecule has 2 amide bonds. The smallest absolute Gasteiger partial charge is 0.343 e. The van der Waals surface area contributed by atoms with E-state index in [9.17, 15) is 28.0 Å². The largest absolute Gasteiger partial charge is 0.465 e. The first kappa shape index (κ1) is 31.2. The van der Waals surface area contributed by atoms with Crippen LogP contribution in [0.4, 0.5) is 8.78 Å². The number of rotatable bonds is 7. The Labute approximate surface area is 256 Å². The number of hydrogen-bond donors (Lipinski definition) is 2. The average molecular weight is 620 g/mol. The predicted molar refractivity (Wildman–Crippen MR) is 157 cm³/mol. The quantitative estimate of drug-likeness (QED) is 0.290. The van der Waals surface area contributed by atoms with Crippen LogP contribution in [0.25, 0.3) is 5.65 Å². The molecule has 0 unspecified atom stereocenters. The summed E-state index contributed by atoms with van der Waals surface area (Å²) in [6.07, 6.45) is 2.35. The summed E-state index contributed by atoms with van der Waals surface area (Å²) < 4.78 is 38.4. The van der Waals surface area contributed by atoms with E-state index in [4.69, 9.17) is 9.47 Å². The number of nitrogens with one attached hydrogen (secondary N) is 2. The van der Waals surface area contributed by atoms with E-state index in [1.165, 1.54) is 25.4 Å². The van der Waals surface area contributed by atoms with Gasteiger partial charge in [0.05, 0.1) is 24.9 Å². The van der Waals surface area contributed by atoms with Crippen LogP contribution in [0.15, 0.2) is 42.6 Å². The van der Waals surface area contributed by atoms with Crippen molar-refractivity contribution in [1.29, 1.82) is 0 Å². The van der Waals surface area contributed by atoms with Crippen molar-refractivity contribution in [2.45, 2.75) is 58.7 Å². The number of fused-ring (bicyclic) bond motifs is 2. The molecule has 1 aliphatic carbocycles. The van der Waals surface area contributed by atoms with Crippen molar-refractivity contribution in [1.82, 2.24) is 25.2 Å². The van der Waals surface area contributed by atoms with Gasteiger partial charge in [-0.25, -0.2) is 27.9 Å². The summed E-state index contributed by atoms with van der Waals surface area (Å²) in [7, 11) is 1.17. The van der Waals surface area contributed by atoms with Gasteiger partial charge in [0.25, 0.3) is 11.8 Å². The van der Waals surface area contributed by atoms with Gasteiger partial charge in [0.1, 0.15) is 22.6 Å². The van der Waals surface area contributed by atoms with Crippen LogP contribution in [0, 0.1) is 18.6 Å². The summed E-state index contributed by atoms with van der Waals surface area (Å²) in [4.78, 5) is 56.3. The molecule has 0 radical (unpaired) electrons. The number of halogens is 2. The van der Waals surface area contributed by atoms with Gasteiger partial charge in [-0.05, 0) is 81.0 Å². The molecule has 2 N–H and O–H groups in total. The second-order valence-corrected chi connectivity index (χ2v) is 11.6. The molecule has 234 valence electrons. The lowest BCUT2D eigenvalue weighted by Crippen LogP contribution is -2.31. The maximum absolute atomic E-state index is 13.7. The van der Waals surface area contributed by atoms with Crippen molar-refractivity contribution in [2.75, 3.05) is 7.11 Å². The van der Waals surface area contributed by atoms with Crippen LogP contribution in [-0.4, -0.2) is 51.1 Å². The minimum Gasteiger partial charge on any atom is -0.465 e. The van der Waals surface area contributed by atoms with E-state index in [0.717, 1.165) is 33.3 Å². The Morgan fingerprint density at radius 2 is 1.76 bits per heavy atom. The number of esters is 2. The number of aromatic nitrogens is 3. The number of carbonyl (C=O) groups excluding carboxylic acids is 4. The van der Waals surface area contributed by atoms with E-state index in [1.54, 1.807) is 32.9 Å². The van der Waals surface area contributed by atoms with Crippen molar-refractivity contribution in [2.24, 2.45) is 0 Å². The number of benzene rings is 2. The number of ether oxygens (including phenoxy) is 2. The van der Waals surface area contributed by atoms with Gasteiger partial charge in [0.15, 0.2) is 17.3 Å². The van der Waals surface area contributed by atoms with Crippen molar-refractivity contribution in [3.63, 3.8) is 0 Å². The van der Waals surface area contributed by atoms with Gasteiger partial charge in [-0.15, -0.1) is 0 Å². The van der Waals surface area contributed by atoms with Crippen molar-refractivity contribution >= 4 is 29.4 Å². The van der Waals surface area contributed by atoms with Crippen LogP contribution in [0.2, 0.25) is 0 Å². The zero-order chi connectivity index (χ0) is 32.6. The van der Waals surface area contributed by atoms with Crippen LogP contribution in [0.3, 0.4) is 0 Å². The summed E-state index contributed by atoms with van der Waals surface area (Å²) in [6, 6.07) is 7.50. The third kappa shape index (κ3) is 6.37. The van der Waals surface area contributed by atoms with Crippen LogP contribution >= 0.6 is 0 Å². The first-order valence-corrected chi connectivity index (χ1v) is 14.1. The molecule has 5 rings (SSSR count). The third-order valence-corrected chi connectivity index (χ3v) is 7.40. The molecule has 0 bridgehead atoms. The first-order chi connectivity index (χ1) is 21.3. The Balaban J connectivity index is 1.43. The van der Waals surface area contributed by atoms with Crippen molar-refractivity contribution in [3.05, 3.63) is 99.0 Å². The minimum absolute atomic E-state index is 0.0710. The molecule has 1 aliphatic rings. The van der Waals surface area contributed by atoms with Crippen LogP contribution in [0.5, 0.6) is 0 Å². The van der Waals surface area contributed by atoms with Gasteiger partial charge in [0.2, 0.25) is 0 Å². The zero-order valence-corrected chi connectivity index (χ0v) is 25.3. The summed E-state index contributed by atoms with van der Waals surface area (Å²) in [5, 5.41) is 9.69. The van der Waals surface area contributed by atoms with Gasteiger partial charge < -0.3 is 20.1 Å². The van der Waals surface area contributed by atoms with E-state index in [0.29, 0.717) is 24.0 Å². The van der Waals surface area contributed by atoms with Crippen LogP contribution in [0.1, 0.15) is 97.2 Å². The Hall–Kier alpha value is -5.20. The van der Waals surface area contributed by atoms with E-state index < -0.39 is 47.0 Å². The Morgan fingerprint density at radius 3 is 2.44 bits per heavy atom. The second-order valence-electron chi connectivity index (χ2n) is 11.6. The molecule has 0 spiro atoms. The topological polar surface area (TPSA) is 141 Å². The molecule has 13 heteroatoms. The number of carbonyl (C=O) groups is 4. The molecule has 0 fully saturated rings. The monoisotopic (exact) mass is 619 g/mol. The van der Waals surface area contributed by atoms with Gasteiger partial charge in [0, 0.05) is 12.6 Å². The molecule has 0 saturated carbocycles. The highest BCUT2D eigenvalue weighted by atomic mass is 19.2. The Bertz CT molecular complexity index is 1860. The highest BCUT2D eigenvalue weighted by Crippen LogP contribution is 2.35. The third-order valence-electron chi connectivity index (χ3n) is 7.40. The predicted octanol–water partition coefficient (Wildman–Crippen LogP) is 4.41. The van der Waals surface area contributed by atoms with E-state index in [2.05, 4.69) is 20.7 Å². The number of amides is 2. The summed E-state index contributed by atoms with van der Waals surface area (Å²) in [5.74, 6) is -4.61. The summed E-state index contributed by atoms with van der Waals surface area (Å²) in [5.41, 5.74) is 2.21. The lowest BCUT2D eigenvalue weighted by Gasteiger charge is -2.21. The standard InChI is InChI=1S/C32H31F2N5O6/c1-16-18-9-11-24(20(18)8-7-19(16)31(43)45-32(2,3)4)38-29(41)26-13-25(37-27-21(30(42)44-5)15-36-39(26)27)28(40)35-14-17-6-10-22(33)23(34)12-17/h6-8,10,12-13,15,24H,9,11,14H2,1-5H3,(H,35,40)(H,38,41)/t24-/m0/s1. The van der Waals surface area contributed by atoms with Gasteiger partial charge >= 0.3 is 11.9 Å². The molecule has 2 heterocycles. The van der Waals surface area contributed by atoms with E-state index in [1.807, 2.05) is 6.92 Å². The highest BCUT2D eigenvalue weighted by molar-refractivity contribution is 6.01. The molecule has 2 aromatic carbocycles. The fourth-order valence-electron chi connectivity index (χ4n) is 5.23. The van der Waals surface area contributed by atoms with Crippen molar-refractivity contribution in [3.8, 4) is 0 Å². The minimum atomic E-state index is -1.06. The molecule has 1 atom stereocenters. The number of hydrogen-bond acceptors (Lipinski definition) is 8. The normalized spacial score (nSPS) is 14.2. The fourth-order valence-corrected chi connectivity index (χ4v) is 5.23. The second kappa shape index (κ2) is 12.1. The number of methoxy groups -OCH3 is 1. The molecule has 0 aliphatic heterocycles. The van der Waals surface area contributed by atoms with Crippen molar-refractivity contribution < 1.29 is 37.4 Å². The highest BCUT2D eigenvalue weighted by Gasteiger charge is 2.30. The van der Waals surface area contributed by atoms with Gasteiger partial charge in [-0.3, -0.25) is 9.59 Å². The first-order valence-electron chi connectivity index (χ1n) is 14.1. The summed E-state index contributed by atoms with van der Waals surface area (Å²) >= 11 is 0. The SMILES string of the molecule is COC(=O)c1cnn2c(C(=O)N[C@H]3CCc4c3ccc(C(=O)OC(C)(C)C)c4C)cc(C(=O)NCc3ccc(F)c(F)c3)nc12. The zero-order valence-electron chi connectivity index (χ0n) is 25.3. The molecule has 2 aromatic heterocycles. The molecule has 0 saturated heterocycles. The maximum Gasteiger partial charge on any atom is 0.343 e. The average Bonchev–Trinajstić information content (AvgIpc) is 3.60. The molecule has 45 heavy (non-hydrogen) atoms. The molecule has 4 aromatic rings. The van der Waals surface area contributed by atoms with Gasteiger partial charge in [-0.1, -0.05) is 12.1 Å². The molecule has 11 nitrogen and oxygen atoms in total. The van der Waals surface area contributed by atoms with E-state index in [-0.39, 0.29) is 29.1 Å². The molecular weight excluding hydrogens is 588 g/mol. The van der Waals surface area contributed by atoms with E-state index >= 15 is 0 Å². The van der Waals surface area contributed by atoms with Crippen LogP contribution < -0.4 is 10.6 Å². The van der Waals surface area contributed by atoms with Crippen LogP contribution in [-0.2, 0) is 22.4 Å². The lowest BCUT2D eigenvalue weighted by atomic mass is 9.97. The fraction of sp³-hybridized carbons (Fsp3) is 0.312. The lowest BCUT2D eigenvalue weighted by molar-refractivity contribution is 0.00681. The number of nitrogens with zero attached hydrogens (tertiary/aromatic N) is 3.